The molecule has 4 aromatic rings. The van der Waals surface area contributed by atoms with Crippen LogP contribution < -0.4 is 15.4 Å². The van der Waals surface area contributed by atoms with Crippen molar-refractivity contribution in [3.63, 3.8) is 0 Å². The molecule has 4 rings (SSSR count). The van der Waals surface area contributed by atoms with E-state index in [1.54, 1.807) is 37.7 Å². The number of nitrogens with zero attached hydrogens (tertiary/aromatic N) is 2. The van der Waals surface area contributed by atoms with Crippen LogP contribution in [0.15, 0.2) is 91.3 Å². The lowest BCUT2D eigenvalue weighted by atomic mass is 10.1. The summed E-state index contributed by atoms with van der Waals surface area (Å²) < 4.78 is 5.19. The highest BCUT2D eigenvalue weighted by molar-refractivity contribution is 6.04. The standard InChI is InChI=1S/C25H22N4O2/c1-31-23-9-5-8-22(14-23)29-24(30)20-12-10-19(11-13-20)21-16-27-25(28-17-21)26-15-18-6-3-2-4-7-18/h2-14,16-17H,15H2,1H3,(H,29,30)(H,26,27,28). The minimum absolute atomic E-state index is 0.184. The summed E-state index contributed by atoms with van der Waals surface area (Å²) in [6.07, 6.45) is 3.54. The molecular weight excluding hydrogens is 388 g/mol. The number of carbonyl (C=O) groups excluding carboxylic acids is 1. The second-order valence-electron chi connectivity index (χ2n) is 6.90. The van der Waals surface area contributed by atoms with E-state index in [0.29, 0.717) is 29.5 Å². The van der Waals surface area contributed by atoms with E-state index >= 15 is 0 Å². The maximum absolute atomic E-state index is 12.5. The fourth-order valence-corrected chi connectivity index (χ4v) is 3.06. The van der Waals surface area contributed by atoms with Gasteiger partial charge in [0.25, 0.3) is 5.91 Å². The zero-order valence-corrected chi connectivity index (χ0v) is 17.1. The molecule has 0 aliphatic carbocycles. The highest BCUT2D eigenvalue weighted by Gasteiger charge is 2.08. The predicted octanol–water partition coefficient (Wildman–Crippen LogP) is 5.02. The maximum Gasteiger partial charge on any atom is 0.255 e. The number of hydrogen-bond donors (Lipinski definition) is 2. The minimum Gasteiger partial charge on any atom is -0.497 e. The van der Waals surface area contributed by atoms with Crippen LogP contribution in [0, 0.1) is 0 Å². The molecule has 3 aromatic carbocycles. The molecule has 1 amide bonds. The molecule has 31 heavy (non-hydrogen) atoms. The Balaban J connectivity index is 1.38. The van der Waals surface area contributed by atoms with Crippen molar-refractivity contribution in [1.29, 1.82) is 0 Å². The normalized spacial score (nSPS) is 10.4. The molecule has 6 heteroatoms. The summed E-state index contributed by atoms with van der Waals surface area (Å²) in [6, 6.07) is 24.7. The fourth-order valence-electron chi connectivity index (χ4n) is 3.06. The van der Waals surface area contributed by atoms with Gasteiger partial charge in [-0.3, -0.25) is 4.79 Å². The number of hydrogen-bond acceptors (Lipinski definition) is 5. The van der Waals surface area contributed by atoms with Crippen molar-refractivity contribution in [3.8, 4) is 16.9 Å². The number of aromatic nitrogens is 2. The first-order valence-electron chi connectivity index (χ1n) is 9.87. The van der Waals surface area contributed by atoms with Crippen molar-refractivity contribution in [2.75, 3.05) is 17.7 Å². The van der Waals surface area contributed by atoms with Crippen LogP contribution in [0.4, 0.5) is 11.6 Å². The van der Waals surface area contributed by atoms with Gasteiger partial charge in [-0.25, -0.2) is 9.97 Å². The van der Waals surface area contributed by atoms with Gasteiger partial charge < -0.3 is 15.4 Å². The summed E-state index contributed by atoms with van der Waals surface area (Å²) in [6.45, 7) is 0.664. The molecule has 0 spiro atoms. The summed E-state index contributed by atoms with van der Waals surface area (Å²) in [5.41, 5.74) is 4.23. The number of nitrogens with one attached hydrogen (secondary N) is 2. The van der Waals surface area contributed by atoms with Gasteiger partial charge in [0.1, 0.15) is 5.75 Å². The SMILES string of the molecule is COc1cccc(NC(=O)c2ccc(-c3cnc(NCc4ccccc4)nc3)cc2)c1. The average Bonchev–Trinajstić information content (AvgIpc) is 2.84. The Bertz CT molecular complexity index is 1140. The number of carbonyl (C=O) groups is 1. The third kappa shape index (κ3) is 5.25. The van der Waals surface area contributed by atoms with E-state index in [1.165, 1.54) is 0 Å². The van der Waals surface area contributed by atoms with Crippen LogP contribution in [0.3, 0.4) is 0 Å². The van der Waals surface area contributed by atoms with Gasteiger partial charge in [0.15, 0.2) is 0 Å². The average molecular weight is 410 g/mol. The third-order valence-corrected chi connectivity index (χ3v) is 4.75. The summed E-state index contributed by atoms with van der Waals surface area (Å²) in [5.74, 6) is 1.08. The molecule has 0 unspecified atom stereocenters. The highest BCUT2D eigenvalue weighted by Crippen LogP contribution is 2.21. The summed E-state index contributed by atoms with van der Waals surface area (Å²) >= 11 is 0. The van der Waals surface area contributed by atoms with Crippen LogP contribution in [-0.2, 0) is 6.54 Å². The van der Waals surface area contributed by atoms with Gasteiger partial charge in [-0.15, -0.1) is 0 Å². The van der Waals surface area contributed by atoms with E-state index < -0.39 is 0 Å². The monoisotopic (exact) mass is 410 g/mol. The van der Waals surface area contributed by atoms with Gasteiger partial charge >= 0.3 is 0 Å². The Morgan fingerprint density at radius 2 is 1.61 bits per heavy atom. The Hall–Kier alpha value is -4.19. The zero-order chi connectivity index (χ0) is 21.5. The number of rotatable bonds is 7. The van der Waals surface area contributed by atoms with Crippen LogP contribution in [0.2, 0.25) is 0 Å². The first kappa shape index (κ1) is 20.1. The Kier molecular flexibility index (Phi) is 6.18. The number of ether oxygens (including phenoxy) is 1. The molecule has 0 aliphatic rings. The van der Waals surface area contributed by atoms with Gasteiger partial charge in [-0.05, 0) is 35.4 Å². The quantitative estimate of drug-likeness (QED) is 0.448. The van der Waals surface area contributed by atoms with Crippen LogP contribution in [0.5, 0.6) is 5.75 Å². The third-order valence-electron chi connectivity index (χ3n) is 4.75. The van der Waals surface area contributed by atoms with Gasteiger partial charge in [-0.1, -0.05) is 48.5 Å². The zero-order valence-electron chi connectivity index (χ0n) is 17.1. The molecule has 1 heterocycles. The second kappa shape index (κ2) is 9.54. The number of anilines is 2. The van der Waals surface area contributed by atoms with Crippen LogP contribution in [0.25, 0.3) is 11.1 Å². The van der Waals surface area contributed by atoms with Gasteiger partial charge in [0, 0.05) is 41.8 Å². The van der Waals surface area contributed by atoms with Gasteiger partial charge in [0.05, 0.1) is 7.11 Å². The first-order chi connectivity index (χ1) is 15.2. The van der Waals surface area contributed by atoms with E-state index in [4.69, 9.17) is 4.74 Å². The lowest BCUT2D eigenvalue weighted by Gasteiger charge is -2.08. The molecule has 0 fully saturated rings. The maximum atomic E-state index is 12.5. The van der Waals surface area contributed by atoms with E-state index in [0.717, 1.165) is 16.7 Å². The van der Waals surface area contributed by atoms with Gasteiger partial charge in [-0.2, -0.15) is 0 Å². The second-order valence-corrected chi connectivity index (χ2v) is 6.90. The minimum atomic E-state index is -0.184. The van der Waals surface area contributed by atoms with E-state index in [-0.39, 0.29) is 5.91 Å². The van der Waals surface area contributed by atoms with E-state index in [2.05, 4.69) is 20.6 Å². The van der Waals surface area contributed by atoms with Crippen LogP contribution in [-0.4, -0.2) is 23.0 Å². The first-order valence-corrected chi connectivity index (χ1v) is 9.87. The molecular formula is C25H22N4O2. The van der Waals surface area contributed by atoms with Crippen LogP contribution in [0.1, 0.15) is 15.9 Å². The Labute approximate surface area is 181 Å². The predicted molar refractivity (Wildman–Crippen MR) is 122 cm³/mol. The van der Waals surface area contributed by atoms with Crippen molar-refractivity contribution in [2.24, 2.45) is 0 Å². The van der Waals surface area contributed by atoms with E-state index in [1.807, 2.05) is 60.7 Å². The van der Waals surface area contributed by atoms with Crippen LogP contribution >= 0.6 is 0 Å². The van der Waals surface area contributed by atoms with Gasteiger partial charge in [0.2, 0.25) is 5.95 Å². The molecule has 0 saturated carbocycles. The Morgan fingerprint density at radius 1 is 0.871 bits per heavy atom. The van der Waals surface area contributed by atoms with Crippen molar-refractivity contribution in [3.05, 3.63) is 102 Å². The molecule has 0 radical (unpaired) electrons. The van der Waals surface area contributed by atoms with Crippen molar-refractivity contribution in [2.45, 2.75) is 6.54 Å². The van der Waals surface area contributed by atoms with Crippen molar-refractivity contribution >= 4 is 17.5 Å². The Morgan fingerprint density at radius 3 is 2.32 bits per heavy atom. The molecule has 154 valence electrons. The molecule has 0 atom stereocenters. The molecule has 0 bridgehead atoms. The lowest BCUT2D eigenvalue weighted by Crippen LogP contribution is -2.11. The topological polar surface area (TPSA) is 76.1 Å². The lowest BCUT2D eigenvalue weighted by molar-refractivity contribution is 0.102. The number of benzene rings is 3. The smallest absolute Gasteiger partial charge is 0.255 e. The highest BCUT2D eigenvalue weighted by atomic mass is 16.5. The summed E-state index contributed by atoms with van der Waals surface area (Å²) in [5, 5.41) is 6.09. The molecule has 1 aromatic heterocycles. The van der Waals surface area contributed by atoms with Crippen molar-refractivity contribution in [1.82, 2.24) is 9.97 Å². The molecule has 2 N–H and O–H groups in total. The largest absolute Gasteiger partial charge is 0.497 e. The molecule has 0 aliphatic heterocycles. The summed E-state index contributed by atoms with van der Waals surface area (Å²) in [4.78, 5) is 21.3. The number of amides is 1. The van der Waals surface area contributed by atoms with E-state index in [9.17, 15) is 4.79 Å². The summed E-state index contributed by atoms with van der Waals surface area (Å²) in [7, 11) is 1.59. The van der Waals surface area contributed by atoms with Crippen molar-refractivity contribution < 1.29 is 9.53 Å². The number of methoxy groups -OCH3 is 1. The molecule has 0 saturated heterocycles. The molecule has 6 nitrogen and oxygen atoms in total. The fraction of sp³-hybridized carbons (Fsp3) is 0.0800.